The molecular weight excluding hydrogens is 236 g/mol. The highest BCUT2D eigenvalue weighted by atomic mass is 16.5. The molecule has 0 heterocycles. The van der Waals surface area contributed by atoms with Gasteiger partial charge < -0.3 is 10.5 Å². The summed E-state index contributed by atoms with van der Waals surface area (Å²) in [6.07, 6.45) is 4.49. The van der Waals surface area contributed by atoms with Gasteiger partial charge in [0.25, 0.3) is 0 Å². The van der Waals surface area contributed by atoms with Gasteiger partial charge in [0.15, 0.2) is 0 Å². The van der Waals surface area contributed by atoms with Crippen molar-refractivity contribution in [2.24, 2.45) is 0 Å². The average Bonchev–Trinajstić information content (AvgIpc) is 3.18. The predicted octanol–water partition coefficient (Wildman–Crippen LogP) is 2.43. The topological polar surface area (TPSA) is 38.5 Å². The quantitative estimate of drug-likeness (QED) is 0.576. The van der Waals surface area contributed by atoms with Crippen LogP contribution in [-0.4, -0.2) is 38.3 Å². The first-order valence-corrected chi connectivity index (χ1v) is 6.88. The normalized spacial score (nSPS) is 16.5. The van der Waals surface area contributed by atoms with Gasteiger partial charge in [-0.15, -0.1) is 6.58 Å². The van der Waals surface area contributed by atoms with Gasteiger partial charge in [-0.3, -0.25) is 4.90 Å². The Morgan fingerprint density at radius 3 is 2.58 bits per heavy atom. The maximum absolute atomic E-state index is 5.76. The molecule has 0 radical (unpaired) electrons. The van der Waals surface area contributed by atoms with Crippen LogP contribution in [0.15, 0.2) is 36.9 Å². The molecule has 2 N–H and O–H groups in total. The number of hydrogen-bond donors (Lipinski definition) is 1. The summed E-state index contributed by atoms with van der Waals surface area (Å²) in [6, 6.07) is 8.35. The van der Waals surface area contributed by atoms with E-state index in [1.807, 2.05) is 18.2 Å². The number of nitrogens with zero attached hydrogens (tertiary/aromatic N) is 1. The molecule has 0 unspecified atom stereocenters. The van der Waals surface area contributed by atoms with Crippen molar-refractivity contribution >= 4 is 5.69 Å². The SMILES string of the molecule is C=CCN(CCOC)CC1(c2ccc(N)cc2)CC1. The smallest absolute Gasteiger partial charge is 0.0589 e. The molecule has 1 aromatic rings. The summed E-state index contributed by atoms with van der Waals surface area (Å²) in [5, 5.41) is 0. The van der Waals surface area contributed by atoms with Crippen LogP contribution >= 0.6 is 0 Å². The second kappa shape index (κ2) is 6.22. The fourth-order valence-electron chi connectivity index (χ4n) is 2.59. The highest BCUT2D eigenvalue weighted by Crippen LogP contribution is 2.48. The summed E-state index contributed by atoms with van der Waals surface area (Å²) in [5.41, 5.74) is 8.33. The van der Waals surface area contributed by atoms with E-state index in [4.69, 9.17) is 10.5 Å². The van der Waals surface area contributed by atoms with Gasteiger partial charge in [-0.25, -0.2) is 0 Å². The molecule has 3 nitrogen and oxygen atoms in total. The van der Waals surface area contributed by atoms with Crippen LogP contribution in [0.2, 0.25) is 0 Å². The largest absolute Gasteiger partial charge is 0.399 e. The Morgan fingerprint density at radius 2 is 2.05 bits per heavy atom. The van der Waals surface area contributed by atoms with Crippen LogP contribution in [0, 0.1) is 0 Å². The highest BCUT2D eigenvalue weighted by Gasteiger charge is 2.45. The standard InChI is InChI=1S/C16H24N2O/c1-3-10-18(11-12-19-2)13-16(8-9-16)14-4-6-15(17)7-5-14/h3-7H,1,8-13,17H2,2H3. The Morgan fingerprint density at radius 1 is 1.37 bits per heavy atom. The number of nitrogens with two attached hydrogens (primary N) is 1. The second-order valence-corrected chi connectivity index (χ2v) is 5.42. The molecule has 0 bridgehead atoms. The average molecular weight is 260 g/mol. The molecule has 1 aromatic carbocycles. The lowest BCUT2D eigenvalue weighted by atomic mass is 9.95. The van der Waals surface area contributed by atoms with Crippen molar-refractivity contribution in [1.29, 1.82) is 0 Å². The Labute approximate surface area is 116 Å². The fourth-order valence-corrected chi connectivity index (χ4v) is 2.59. The van der Waals surface area contributed by atoms with Crippen LogP contribution in [0.5, 0.6) is 0 Å². The number of benzene rings is 1. The van der Waals surface area contributed by atoms with Crippen molar-refractivity contribution in [3.63, 3.8) is 0 Å². The molecule has 1 fully saturated rings. The Balaban J connectivity index is 2.02. The second-order valence-electron chi connectivity index (χ2n) is 5.42. The lowest BCUT2D eigenvalue weighted by Crippen LogP contribution is -2.35. The van der Waals surface area contributed by atoms with Crippen molar-refractivity contribution in [2.75, 3.05) is 39.1 Å². The van der Waals surface area contributed by atoms with E-state index in [1.54, 1.807) is 7.11 Å². The zero-order valence-electron chi connectivity index (χ0n) is 11.8. The van der Waals surface area contributed by atoms with E-state index in [1.165, 1.54) is 18.4 Å². The molecule has 0 aliphatic heterocycles. The lowest BCUT2D eigenvalue weighted by molar-refractivity contribution is 0.148. The third kappa shape index (κ3) is 3.58. The molecule has 1 aliphatic carbocycles. The van der Waals surface area contributed by atoms with Gasteiger partial charge in [-0.1, -0.05) is 18.2 Å². The molecule has 3 heteroatoms. The monoisotopic (exact) mass is 260 g/mol. The van der Waals surface area contributed by atoms with Gasteiger partial charge in [-0.2, -0.15) is 0 Å². The maximum Gasteiger partial charge on any atom is 0.0589 e. The van der Waals surface area contributed by atoms with Crippen LogP contribution in [-0.2, 0) is 10.2 Å². The third-order valence-electron chi connectivity index (χ3n) is 3.90. The molecule has 2 rings (SSSR count). The maximum atomic E-state index is 5.76. The first-order chi connectivity index (χ1) is 9.20. The van der Waals surface area contributed by atoms with Crippen molar-refractivity contribution in [3.05, 3.63) is 42.5 Å². The molecule has 0 amide bonds. The minimum Gasteiger partial charge on any atom is -0.399 e. The zero-order valence-corrected chi connectivity index (χ0v) is 11.8. The van der Waals surface area contributed by atoms with Crippen molar-refractivity contribution < 1.29 is 4.74 Å². The summed E-state index contributed by atoms with van der Waals surface area (Å²) < 4.78 is 5.18. The number of rotatable bonds is 8. The molecule has 104 valence electrons. The summed E-state index contributed by atoms with van der Waals surface area (Å²) in [4.78, 5) is 2.42. The predicted molar refractivity (Wildman–Crippen MR) is 80.3 cm³/mol. The van der Waals surface area contributed by atoms with E-state index in [0.29, 0.717) is 5.41 Å². The van der Waals surface area contributed by atoms with Crippen LogP contribution in [0.25, 0.3) is 0 Å². The molecule has 0 aromatic heterocycles. The number of ether oxygens (including phenoxy) is 1. The molecule has 0 saturated heterocycles. The summed E-state index contributed by atoms with van der Waals surface area (Å²) >= 11 is 0. The van der Waals surface area contributed by atoms with Crippen LogP contribution in [0.4, 0.5) is 5.69 Å². The van der Waals surface area contributed by atoms with Gasteiger partial charge in [0.1, 0.15) is 0 Å². The van der Waals surface area contributed by atoms with E-state index in [9.17, 15) is 0 Å². The minimum absolute atomic E-state index is 0.324. The van der Waals surface area contributed by atoms with Gasteiger partial charge in [0.2, 0.25) is 0 Å². The van der Waals surface area contributed by atoms with Gasteiger partial charge in [0, 0.05) is 37.8 Å². The molecule has 1 saturated carbocycles. The van der Waals surface area contributed by atoms with Crippen LogP contribution in [0.1, 0.15) is 18.4 Å². The minimum atomic E-state index is 0.324. The van der Waals surface area contributed by atoms with E-state index >= 15 is 0 Å². The number of nitrogen functional groups attached to an aromatic ring is 1. The molecule has 0 spiro atoms. The number of methoxy groups -OCH3 is 1. The molecule has 19 heavy (non-hydrogen) atoms. The van der Waals surface area contributed by atoms with E-state index in [2.05, 4.69) is 23.6 Å². The van der Waals surface area contributed by atoms with E-state index in [0.717, 1.165) is 31.9 Å². The zero-order chi connectivity index (χ0) is 13.7. The molecular formula is C16H24N2O. The van der Waals surface area contributed by atoms with E-state index in [-0.39, 0.29) is 0 Å². The fraction of sp³-hybridized carbons (Fsp3) is 0.500. The summed E-state index contributed by atoms with van der Waals surface area (Å²) in [6.45, 7) is 7.56. The van der Waals surface area contributed by atoms with Crippen molar-refractivity contribution in [1.82, 2.24) is 4.90 Å². The first-order valence-electron chi connectivity index (χ1n) is 6.88. The van der Waals surface area contributed by atoms with Gasteiger partial charge in [-0.05, 0) is 30.5 Å². The van der Waals surface area contributed by atoms with E-state index < -0.39 is 0 Å². The summed E-state index contributed by atoms with van der Waals surface area (Å²) in [7, 11) is 1.75. The van der Waals surface area contributed by atoms with Crippen LogP contribution in [0.3, 0.4) is 0 Å². The van der Waals surface area contributed by atoms with Crippen molar-refractivity contribution in [3.8, 4) is 0 Å². The summed E-state index contributed by atoms with van der Waals surface area (Å²) in [5.74, 6) is 0. The lowest BCUT2D eigenvalue weighted by Gasteiger charge is -2.26. The van der Waals surface area contributed by atoms with Crippen molar-refractivity contribution in [2.45, 2.75) is 18.3 Å². The Kier molecular flexibility index (Phi) is 4.61. The van der Waals surface area contributed by atoms with Gasteiger partial charge >= 0.3 is 0 Å². The highest BCUT2D eigenvalue weighted by molar-refractivity contribution is 5.43. The first kappa shape index (κ1) is 14.1. The Bertz CT molecular complexity index is 409. The third-order valence-corrected chi connectivity index (χ3v) is 3.90. The molecule has 0 atom stereocenters. The molecule has 1 aliphatic rings. The van der Waals surface area contributed by atoms with Gasteiger partial charge in [0.05, 0.1) is 6.61 Å². The number of anilines is 1. The van der Waals surface area contributed by atoms with Crippen LogP contribution < -0.4 is 5.73 Å². The number of hydrogen-bond acceptors (Lipinski definition) is 3. The Hall–Kier alpha value is -1.32.